The number of likely N-dealkylation sites (tertiary alicyclic amines) is 1. The lowest BCUT2D eigenvalue weighted by Gasteiger charge is -2.28. The van der Waals surface area contributed by atoms with E-state index in [0.29, 0.717) is 25.3 Å². The molecule has 1 fully saturated rings. The van der Waals surface area contributed by atoms with E-state index >= 15 is 0 Å². The summed E-state index contributed by atoms with van der Waals surface area (Å²) < 4.78 is 4.98. The molecule has 0 aromatic carbocycles. The molecule has 1 unspecified atom stereocenters. The number of nitrogens with zero attached hydrogens (tertiary/aromatic N) is 2. The van der Waals surface area contributed by atoms with Crippen LogP contribution in [-0.2, 0) is 16.1 Å². The summed E-state index contributed by atoms with van der Waals surface area (Å²) in [5.74, 6) is 0.273. The molecular formula is C13H17N3O3. The Morgan fingerprint density at radius 2 is 2.26 bits per heavy atom. The van der Waals surface area contributed by atoms with E-state index in [1.165, 1.54) is 11.9 Å². The molecule has 0 aliphatic carbocycles. The monoisotopic (exact) mass is 263 g/mol. The molecule has 102 valence electrons. The highest BCUT2D eigenvalue weighted by Gasteiger charge is 2.31. The number of imide groups is 1. The molecule has 2 heterocycles. The molecule has 1 N–H and O–H groups in total. The maximum absolute atomic E-state index is 11.9. The number of hydrogen-bond donors (Lipinski definition) is 1. The normalized spacial score (nSPS) is 19.7. The minimum atomic E-state index is -0.301. The zero-order valence-electron chi connectivity index (χ0n) is 11.0. The van der Waals surface area contributed by atoms with Crippen molar-refractivity contribution >= 4 is 11.8 Å². The summed E-state index contributed by atoms with van der Waals surface area (Å²) in [4.78, 5) is 28.5. The second-order valence-corrected chi connectivity index (χ2v) is 4.47. The highest BCUT2D eigenvalue weighted by molar-refractivity contribution is 6.00. The van der Waals surface area contributed by atoms with Crippen LogP contribution in [0.1, 0.15) is 18.4 Å². The van der Waals surface area contributed by atoms with Crippen molar-refractivity contribution in [2.45, 2.75) is 25.4 Å². The fraction of sp³-hybridized carbons (Fsp3) is 0.462. The molecule has 6 heteroatoms. The van der Waals surface area contributed by atoms with Gasteiger partial charge in [0.25, 0.3) is 0 Å². The molecule has 1 aromatic heterocycles. The van der Waals surface area contributed by atoms with Crippen molar-refractivity contribution in [1.82, 2.24) is 15.2 Å². The van der Waals surface area contributed by atoms with Crippen molar-refractivity contribution in [2.75, 3.05) is 14.2 Å². The number of piperidine rings is 1. The molecule has 1 atom stereocenters. The number of carbonyl (C=O) groups is 2. The average Bonchev–Trinajstić information content (AvgIpc) is 2.45. The molecule has 6 nitrogen and oxygen atoms in total. The van der Waals surface area contributed by atoms with Crippen LogP contribution in [0.5, 0.6) is 5.88 Å². The minimum absolute atomic E-state index is 0.117. The van der Waals surface area contributed by atoms with Crippen LogP contribution in [0.4, 0.5) is 0 Å². The molecule has 0 spiro atoms. The molecule has 2 amide bonds. The number of pyridine rings is 1. The summed E-state index contributed by atoms with van der Waals surface area (Å²) in [5.41, 5.74) is 0.966. The van der Waals surface area contributed by atoms with Crippen molar-refractivity contribution < 1.29 is 14.3 Å². The van der Waals surface area contributed by atoms with Crippen molar-refractivity contribution in [3.8, 4) is 5.88 Å². The second-order valence-electron chi connectivity index (χ2n) is 4.47. The van der Waals surface area contributed by atoms with E-state index in [9.17, 15) is 9.59 Å². The molecule has 0 bridgehead atoms. The Morgan fingerprint density at radius 1 is 1.47 bits per heavy atom. The first-order valence-electron chi connectivity index (χ1n) is 6.14. The Balaban J connectivity index is 1.91. The number of carbonyl (C=O) groups excluding carboxylic acids is 2. The largest absolute Gasteiger partial charge is 0.481 e. The smallest absolute Gasteiger partial charge is 0.246 e. The molecule has 0 radical (unpaired) electrons. The topological polar surface area (TPSA) is 71.5 Å². The second kappa shape index (κ2) is 5.79. The van der Waals surface area contributed by atoms with Gasteiger partial charge in [-0.3, -0.25) is 14.5 Å². The van der Waals surface area contributed by atoms with E-state index in [2.05, 4.69) is 10.3 Å². The molecular weight excluding hydrogens is 246 g/mol. The van der Waals surface area contributed by atoms with Gasteiger partial charge in [-0.25, -0.2) is 4.98 Å². The lowest BCUT2D eigenvalue weighted by molar-refractivity contribution is -0.148. The van der Waals surface area contributed by atoms with Crippen molar-refractivity contribution in [3.63, 3.8) is 0 Å². The van der Waals surface area contributed by atoms with Gasteiger partial charge in [-0.05, 0) is 12.0 Å². The van der Waals surface area contributed by atoms with Gasteiger partial charge >= 0.3 is 0 Å². The number of amides is 2. The van der Waals surface area contributed by atoms with Crippen LogP contribution in [0.3, 0.4) is 0 Å². The first kappa shape index (κ1) is 13.5. The van der Waals surface area contributed by atoms with Crippen LogP contribution < -0.4 is 10.1 Å². The summed E-state index contributed by atoms with van der Waals surface area (Å²) in [6.07, 6.45) is 2.65. The number of methoxy groups -OCH3 is 1. The molecule has 0 saturated carbocycles. The van der Waals surface area contributed by atoms with Crippen LogP contribution in [0, 0.1) is 0 Å². The highest BCUT2D eigenvalue weighted by atomic mass is 16.5. The standard InChI is InChI=1S/C13H17N3O3/c1-16-12(17)6-4-10(13(16)18)14-7-9-3-5-11(19-2)15-8-9/h3,5,8,10,14H,4,6-7H2,1-2H3. The Labute approximate surface area is 111 Å². The SMILES string of the molecule is COc1ccc(CNC2CCC(=O)N(C)C2=O)cn1. The van der Waals surface area contributed by atoms with Gasteiger partial charge in [-0.1, -0.05) is 6.07 Å². The number of aromatic nitrogens is 1. The quantitative estimate of drug-likeness (QED) is 0.792. The summed E-state index contributed by atoms with van der Waals surface area (Å²) in [6.45, 7) is 0.537. The molecule has 1 aliphatic rings. The lowest BCUT2D eigenvalue weighted by Crippen LogP contribution is -2.51. The fourth-order valence-electron chi connectivity index (χ4n) is 1.98. The van der Waals surface area contributed by atoms with Gasteiger partial charge in [0.15, 0.2) is 0 Å². The molecule has 1 aliphatic heterocycles. The third kappa shape index (κ3) is 3.08. The maximum atomic E-state index is 11.9. The van der Waals surface area contributed by atoms with Gasteiger partial charge in [0.1, 0.15) is 0 Å². The van der Waals surface area contributed by atoms with Crippen LogP contribution in [0.15, 0.2) is 18.3 Å². The van der Waals surface area contributed by atoms with Crippen LogP contribution in [-0.4, -0.2) is 41.9 Å². The number of hydrogen-bond acceptors (Lipinski definition) is 5. The van der Waals surface area contributed by atoms with E-state index < -0.39 is 0 Å². The van der Waals surface area contributed by atoms with Crippen LogP contribution in [0.2, 0.25) is 0 Å². The third-order valence-corrected chi connectivity index (χ3v) is 3.21. The number of ether oxygens (including phenoxy) is 1. The fourth-order valence-corrected chi connectivity index (χ4v) is 1.98. The minimum Gasteiger partial charge on any atom is -0.481 e. The van der Waals surface area contributed by atoms with Gasteiger partial charge in [0, 0.05) is 32.3 Å². The zero-order valence-corrected chi connectivity index (χ0v) is 11.0. The summed E-state index contributed by atoms with van der Waals surface area (Å²) >= 11 is 0. The first-order chi connectivity index (χ1) is 9.11. The Hall–Kier alpha value is -1.95. The Kier molecular flexibility index (Phi) is 4.11. The van der Waals surface area contributed by atoms with E-state index in [0.717, 1.165) is 5.56 Å². The van der Waals surface area contributed by atoms with Crippen LogP contribution >= 0.6 is 0 Å². The van der Waals surface area contributed by atoms with Crippen molar-refractivity contribution in [3.05, 3.63) is 23.9 Å². The Bertz CT molecular complexity index is 473. The third-order valence-electron chi connectivity index (χ3n) is 3.21. The average molecular weight is 263 g/mol. The number of likely N-dealkylation sites (N-methyl/N-ethyl adjacent to an activating group) is 1. The number of rotatable bonds is 4. The Morgan fingerprint density at radius 3 is 2.89 bits per heavy atom. The zero-order chi connectivity index (χ0) is 13.8. The van der Waals surface area contributed by atoms with Gasteiger partial charge in [0.2, 0.25) is 17.7 Å². The van der Waals surface area contributed by atoms with Gasteiger partial charge in [0.05, 0.1) is 13.2 Å². The summed E-state index contributed by atoms with van der Waals surface area (Å²) in [5, 5.41) is 3.15. The van der Waals surface area contributed by atoms with Crippen LogP contribution in [0.25, 0.3) is 0 Å². The van der Waals surface area contributed by atoms with E-state index in [1.807, 2.05) is 6.07 Å². The first-order valence-corrected chi connectivity index (χ1v) is 6.14. The highest BCUT2D eigenvalue weighted by Crippen LogP contribution is 2.12. The predicted octanol–water partition coefficient (Wildman–Crippen LogP) is 0.327. The summed E-state index contributed by atoms with van der Waals surface area (Å²) in [7, 11) is 3.08. The lowest BCUT2D eigenvalue weighted by atomic mass is 10.0. The molecule has 1 aromatic rings. The van der Waals surface area contributed by atoms with Gasteiger partial charge < -0.3 is 10.1 Å². The van der Waals surface area contributed by atoms with Gasteiger partial charge in [-0.2, -0.15) is 0 Å². The molecule has 1 saturated heterocycles. The van der Waals surface area contributed by atoms with E-state index in [1.54, 1.807) is 19.4 Å². The molecule has 19 heavy (non-hydrogen) atoms. The van der Waals surface area contributed by atoms with E-state index in [4.69, 9.17) is 4.74 Å². The van der Waals surface area contributed by atoms with Crippen molar-refractivity contribution in [2.24, 2.45) is 0 Å². The summed E-state index contributed by atoms with van der Waals surface area (Å²) in [6, 6.07) is 3.36. The number of nitrogens with one attached hydrogen (secondary N) is 1. The van der Waals surface area contributed by atoms with Crippen molar-refractivity contribution in [1.29, 1.82) is 0 Å². The van der Waals surface area contributed by atoms with E-state index in [-0.39, 0.29) is 17.9 Å². The maximum Gasteiger partial charge on any atom is 0.246 e. The predicted molar refractivity (Wildman–Crippen MR) is 68.4 cm³/mol. The molecule has 2 rings (SSSR count). The van der Waals surface area contributed by atoms with Gasteiger partial charge in [-0.15, -0.1) is 0 Å².